The fraction of sp³-hybridized carbons (Fsp3) is 0.625. The summed E-state index contributed by atoms with van der Waals surface area (Å²) >= 11 is 0. The van der Waals surface area contributed by atoms with Crippen LogP contribution in [0.3, 0.4) is 0 Å². The van der Waals surface area contributed by atoms with Gasteiger partial charge < -0.3 is 24.8 Å². The third kappa shape index (κ3) is 5.31. The van der Waals surface area contributed by atoms with Gasteiger partial charge in [-0.15, -0.1) is 5.10 Å². The lowest BCUT2D eigenvalue weighted by atomic mass is 9.79. The Bertz CT molecular complexity index is 930. The number of rotatable bonds is 8. The quantitative estimate of drug-likeness (QED) is 0.550. The van der Waals surface area contributed by atoms with Crippen molar-refractivity contribution in [2.75, 3.05) is 6.61 Å². The Labute approximate surface area is 193 Å². The van der Waals surface area contributed by atoms with Crippen LogP contribution >= 0.6 is 0 Å². The van der Waals surface area contributed by atoms with Crippen LogP contribution < -0.4 is 9.47 Å². The van der Waals surface area contributed by atoms with E-state index in [2.05, 4.69) is 5.10 Å². The molecule has 1 aromatic heterocycles. The number of nitrogens with zero attached hydrogens (tertiary/aromatic N) is 2. The normalized spacial score (nSPS) is 25.0. The summed E-state index contributed by atoms with van der Waals surface area (Å²) in [5.41, 5.74) is 2.39. The summed E-state index contributed by atoms with van der Waals surface area (Å²) < 4.78 is 43.1. The van der Waals surface area contributed by atoms with Gasteiger partial charge >= 0.3 is 0 Å². The maximum atomic E-state index is 15.0. The number of ether oxygens (including phenoxy) is 2. The van der Waals surface area contributed by atoms with E-state index in [4.69, 9.17) is 9.47 Å². The van der Waals surface area contributed by atoms with Crippen molar-refractivity contribution in [3.63, 3.8) is 0 Å². The molecule has 3 rings (SSSR count). The van der Waals surface area contributed by atoms with Crippen LogP contribution in [0.25, 0.3) is 0 Å². The molecule has 1 saturated carbocycles. The van der Waals surface area contributed by atoms with Crippen molar-refractivity contribution in [2.24, 2.45) is 5.92 Å². The average Bonchev–Trinajstić information content (AvgIpc) is 3.03. The first-order chi connectivity index (χ1) is 15.4. The minimum Gasteiger partial charge on any atom is -0.491 e. The second-order valence-electron chi connectivity index (χ2n) is 9.26. The topological polar surface area (TPSA) is 97.0 Å². The molecule has 2 aromatic rings. The smallest absolute Gasteiger partial charge is 0.291 e. The van der Waals surface area contributed by atoms with Crippen LogP contribution in [0.4, 0.5) is 8.78 Å². The van der Waals surface area contributed by atoms with E-state index in [9.17, 15) is 15.3 Å². The summed E-state index contributed by atoms with van der Waals surface area (Å²) in [5.74, 6) is -4.56. The van der Waals surface area contributed by atoms with Crippen LogP contribution in [0, 0.1) is 12.8 Å². The number of aliphatic hydroxyl groups excluding tert-OH is 3. The predicted octanol–water partition coefficient (Wildman–Crippen LogP) is 3.27. The number of benzene rings is 1. The van der Waals surface area contributed by atoms with Crippen LogP contribution in [-0.2, 0) is 6.42 Å². The van der Waals surface area contributed by atoms with Crippen LogP contribution in [0.2, 0.25) is 0 Å². The lowest BCUT2D eigenvalue weighted by Crippen LogP contribution is -2.59. The van der Waals surface area contributed by atoms with E-state index in [0.29, 0.717) is 12.0 Å². The summed E-state index contributed by atoms with van der Waals surface area (Å²) in [6.45, 7) is 8.65. The van der Waals surface area contributed by atoms with Gasteiger partial charge in [-0.3, -0.25) is 4.68 Å². The van der Waals surface area contributed by atoms with E-state index in [1.807, 2.05) is 58.9 Å². The maximum Gasteiger partial charge on any atom is 0.291 e. The zero-order valence-electron chi connectivity index (χ0n) is 19.7. The Kier molecular flexibility index (Phi) is 7.65. The zero-order valence-corrected chi connectivity index (χ0v) is 19.7. The van der Waals surface area contributed by atoms with Gasteiger partial charge in [0.2, 0.25) is 5.88 Å². The van der Waals surface area contributed by atoms with Gasteiger partial charge in [-0.25, -0.2) is 8.78 Å². The highest BCUT2D eigenvalue weighted by Gasteiger charge is 2.58. The molecule has 0 bridgehead atoms. The summed E-state index contributed by atoms with van der Waals surface area (Å²) in [6, 6.07) is 7.51. The highest BCUT2D eigenvalue weighted by Crippen LogP contribution is 2.41. The van der Waals surface area contributed by atoms with Crippen molar-refractivity contribution in [1.82, 2.24) is 9.78 Å². The van der Waals surface area contributed by atoms with Crippen molar-refractivity contribution in [1.29, 1.82) is 0 Å². The molecule has 0 saturated heterocycles. The van der Waals surface area contributed by atoms with Gasteiger partial charge in [0.1, 0.15) is 5.75 Å². The van der Waals surface area contributed by atoms with Crippen molar-refractivity contribution in [2.45, 2.75) is 83.8 Å². The van der Waals surface area contributed by atoms with Gasteiger partial charge in [0.05, 0.1) is 30.8 Å². The molecule has 0 amide bonds. The van der Waals surface area contributed by atoms with Gasteiger partial charge in [0, 0.05) is 30.1 Å². The minimum atomic E-state index is -3.55. The summed E-state index contributed by atoms with van der Waals surface area (Å²) in [7, 11) is 0. The number of aliphatic hydroxyl groups is 3. The second kappa shape index (κ2) is 9.95. The molecule has 1 aliphatic carbocycles. The Morgan fingerprint density at radius 2 is 1.79 bits per heavy atom. The van der Waals surface area contributed by atoms with Crippen molar-refractivity contribution in [3.05, 3.63) is 41.1 Å². The van der Waals surface area contributed by atoms with E-state index in [0.717, 1.165) is 17.0 Å². The first-order valence-electron chi connectivity index (χ1n) is 11.3. The lowest BCUT2D eigenvalue weighted by Gasteiger charge is -2.42. The largest absolute Gasteiger partial charge is 0.491 e. The van der Waals surface area contributed by atoms with Gasteiger partial charge in [-0.2, -0.15) is 0 Å². The molecule has 4 atom stereocenters. The minimum absolute atomic E-state index is 0.0209. The zero-order chi connectivity index (χ0) is 24.5. The molecule has 1 fully saturated rings. The molecular formula is C24H34F2N2O5. The summed E-state index contributed by atoms with van der Waals surface area (Å²) in [5, 5.41) is 33.9. The molecule has 33 heavy (non-hydrogen) atoms. The third-order valence-corrected chi connectivity index (χ3v) is 6.04. The highest BCUT2D eigenvalue weighted by atomic mass is 19.3. The van der Waals surface area contributed by atoms with E-state index in [1.54, 1.807) is 4.68 Å². The molecule has 0 spiro atoms. The van der Waals surface area contributed by atoms with Gasteiger partial charge in [-0.1, -0.05) is 12.1 Å². The number of hydrogen-bond acceptors (Lipinski definition) is 6. The predicted molar refractivity (Wildman–Crippen MR) is 119 cm³/mol. The van der Waals surface area contributed by atoms with Crippen LogP contribution in [0.1, 0.15) is 57.0 Å². The SMILES string of the molecule is Cc1c(Cc2ccc(OC(C)C)cc2)c(O[C@H]2C[C@@H](O)[C@H](O)[C@@H](CO)C2(F)F)nn1C(C)C. The molecule has 1 aliphatic rings. The molecule has 0 radical (unpaired) electrons. The van der Waals surface area contributed by atoms with Crippen LogP contribution in [-0.4, -0.2) is 62.0 Å². The number of hydrogen-bond donors (Lipinski definition) is 3. The van der Waals surface area contributed by atoms with E-state index < -0.39 is 43.2 Å². The molecule has 3 N–H and O–H groups in total. The first kappa shape index (κ1) is 25.4. The fourth-order valence-electron chi connectivity index (χ4n) is 4.23. The second-order valence-corrected chi connectivity index (χ2v) is 9.26. The van der Waals surface area contributed by atoms with E-state index >= 15 is 8.78 Å². The molecule has 9 heteroatoms. The molecule has 0 aliphatic heterocycles. The first-order valence-corrected chi connectivity index (χ1v) is 11.3. The Balaban J connectivity index is 1.91. The van der Waals surface area contributed by atoms with Crippen molar-refractivity contribution < 1.29 is 33.6 Å². The Morgan fingerprint density at radius 1 is 1.15 bits per heavy atom. The van der Waals surface area contributed by atoms with Crippen LogP contribution in [0.5, 0.6) is 11.6 Å². The van der Waals surface area contributed by atoms with Gasteiger partial charge in [0.25, 0.3) is 5.92 Å². The molecule has 7 nitrogen and oxygen atoms in total. The maximum absolute atomic E-state index is 15.0. The molecule has 0 unspecified atom stereocenters. The number of alkyl halides is 2. The van der Waals surface area contributed by atoms with Crippen LogP contribution in [0.15, 0.2) is 24.3 Å². The third-order valence-electron chi connectivity index (χ3n) is 6.04. The van der Waals surface area contributed by atoms with Crippen molar-refractivity contribution >= 4 is 0 Å². The summed E-state index contributed by atoms with van der Waals surface area (Å²) in [6.07, 6.45) is -4.91. The van der Waals surface area contributed by atoms with Gasteiger partial charge in [0.15, 0.2) is 6.10 Å². The Hall–Kier alpha value is -2.23. The average molecular weight is 469 g/mol. The lowest BCUT2D eigenvalue weighted by molar-refractivity contribution is -0.228. The Morgan fingerprint density at radius 3 is 2.33 bits per heavy atom. The molecule has 184 valence electrons. The number of aromatic nitrogens is 2. The van der Waals surface area contributed by atoms with Gasteiger partial charge in [-0.05, 0) is 52.3 Å². The standard InChI is InChI=1S/C24H34F2N2O5/c1-13(2)28-15(5)18(10-16-6-8-17(9-7-16)32-14(3)4)23(27-28)33-21-11-20(30)22(31)19(12-29)24(21,25)26/h6-9,13-14,19-22,29-31H,10-12H2,1-5H3/t19-,20-,21+,22-/m1/s1. The highest BCUT2D eigenvalue weighted by molar-refractivity contribution is 5.38. The molecular weight excluding hydrogens is 434 g/mol. The van der Waals surface area contributed by atoms with Crippen molar-refractivity contribution in [3.8, 4) is 11.6 Å². The summed E-state index contributed by atoms with van der Waals surface area (Å²) in [4.78, 5) is 0. The van der Waals surface area contributed by atoms with E-state index in [1.165, 1.54) is 0 Å². The fourth-order valence-corrected chi connectivity index (χ4v) is 4.23. The van der Waals surface area contributed by atoms with E-state index in [-0.39, 0.29) is 18.0 Å². The number of halogens is 2. The molecule has 1 heterocycles. The monoisotopic (exact) mass is 468 g/mol. The molecule has 1 aromatic carbocycles.